The molecule has 0 saturated carbocycles. The van der Waals surface area contributed by atoms with Crippen LogP contribution in [0.3, 0.4) is 0 Å². The molecule has 1 unspecified atom stereocenters. The largest absolute Gasteiger partial charge is 0.480 e. The highest BCUT2D eigenvalue weighted by Gasteiger charge is 2.29. The summed E-state index contributed by atoms with van der Waals surface area (Å²) in [6, 6.07) is 20.0. The Kier molecular flexibility index (Phi) is 7.39. The van der Waals surface area contributed by atoms with E-state index in [-0.39, 0.29) is 24.0 Å². The first-order chi connectivity index (χ1) is 16.7. The molecule has 3 aromatic carbocycles. The summed E-state index contributed by atoms with van der Waals surface area (Å²) in [5.41, 5.74) is 5.16. The van der Waals surface area contributed by atoms with Crippen molar-refractivity contribution in [1.29, 1.82) is 0 Å². The number of halogens is 1. The van der Waals surface area contributed by atoms with Crippen LogP contribution in [0, 0.1) is 9.49 Å². The SMILES string of the molecule is CC(C)C(NC(=O)c1cc(I)cc(NC(=O)OCC2c3ccccc3-c3ccccc32)c1)C(=O)O. The van der Waals surface area contributed by atoms with Crippen molar-refractivity contribution in [2.24, 2.45) is 5.92 Å². The van der Waals surface area contributed by atoms with Crippen LogP contribution in [-0.4, -0.2) is 35.7 Å². The lowest BCUT2D eigenvalue weighted by Gasteiger charge is -2.18. The number of amides is 2. The summed E-state index contributed by atoms with van der Waals surface area (Å²) in [5, 5.41) is 14.6. The highest BCUT2D eigenvalue weighted by Crippen LogP contribution is 2.44. The highest BCUT2D eigenvalue weighted by atomic mass is 127. The first kappa shape index (κ1) is 24.7. The molecule has 0 heterocycles. The quantitative estimate of drug-likeness (QED) is 0.319. The van der Waals surface area contributed by atoms with Gasteiger partial charge in [-0.1, -0.05) is 62.4 Å². The van der Waals surface area contributed by atoms with Crippen molar-refractivity contribution >= 4 is 46.2 Å². The molecule has 1 aliphatic rings. The fourth-order valence-electron chi connectivity index (χ4n) is 4.28. The van der Waals surface area contributed by atoms with Crippen LogP contribution in [0.15, 0.2) is 66.7 Å². The number of carboxylic acid groups (broad SMARTS) is 1. The van der Waals surface area contributed by atoms with Crippen LogP contribution < -0.4 is 10.6 Å². The Morgan fingerprint density at radius 2 is 1.57 bits per heavy atom. The first-order valence-electron chi connectivity index (χ1n) is 11.2. The van der Waals surface area contributed by atoms with E-state index in [0.29, 0.717) is 9.26 Å². The van der Waals surface area contributed by atoms with Crippen molar-refractivity contribution in [1.82, 2.24) is 5.32 Å². The summed E-state index contributed by atoms with van der Waals surface area (Å²) in [6.07, 6.45) is -0.634. The van der Waals surface area contributed by atoms with E-state index >= 15 is 0 Å². The number of carbonyl (C=O) groups excluding carboxylic acids is 2. The van der Waals surface area contributed by atoms with Crippen LogP contribution in [0.2, 0.25) is 0 Å². The van der Waals surface area contributed by atoms with Gasteiger partial charge in [0.2, 0.25) is 0 Å². The lowest BCUT2D eigenvalue weighted by Crippen LogP contribution is -2.44. The van der Waals surface area contributed by atoms with Gasteiger partial charge in [0.25, 0.3) is 5.91 Å². The molecular formula is C27H25IN2O5. The number of hydrogen-bond donors (Lipinski definition) is 3. The van der Waals surface area contributed by atoms with Crippen molar-refractivity contribution < 1.29 is 24.2 Å². The third kappa shape index (κ3) is 5.48. The summed E-state index contributed by atoms with van der Waals surface area (Å²) in [7, 11) is 0. The van der Waals surface area contributed by atoms with Gasteiger partial charge in [0, 0.05) is 20.7 Å². The topological polar surface area (TPSA) is 105 Å². The van der Waals surface area contributed by atoms with Crippen LogP contribution in [0.5, 0.6) is 0 Å². The molecule has 180 valence electrons. The molecule has 3 aromatic rings. The van der Waals surface area contributed by atoms with E-state index in [4.69, 9.17) is 4.74 Å². The van der Waals surface area contributed by atoms with E-state index in [0.717, 1.165) is 22.3 Å². The molecule has 0 radical (unpaired) electrons. The number of anilines is 1. The van der Waals surface area contributed by atoms with Crippen molar-refractivity contribution in [3.8, 4) is 11.1 Å². The van der Waals surface area contributed by atoms with Gasteiger partial charge in [-0.2, -0.15) is 0 Å². The molecule has 2 amide bonds. The van der Waals surface area contributed by atoms with Gasteiger partial charge in [0.05, 0.1) is 0 Å². The van der Waals surface area contributed by atoms with Crippen LogP contribution in [-0.2, 0) is 9.53 Å². The normalized spacial score (nSPS) is 13.0. The minimum Gasteiger partial charge on any atom is -0.480 e. The second-order valence-corrected chi connectivity index (χ2v) is 9.96. The van der Waals surface area contributed by atoms with E-state index in [9.17, 15) is 19.5 Å². The third-order valence-corrected chi connectivity index (χ3v) is 6.59. The number of ether oxygens (including phenoxy) is 1. The maximum Gasteiger partial charge on any atom is 0.411 e. The molecular weight excluding hydrogens is 559 g/mol. The molecule has 0 aliphatic heterocycles. The predicted molar refractivity (Wildman–Crippen MR) is 142 cm³/mol. The van der Waals surface area contributed by atoms with E-state index < -0.39 is 24.0 Å². The lowest BCUT2D eigenvalue weighted by atomic mass is 9.98. The average molecular weight is 584 g/mol. The molecule has 1 atom stereocenters. The summed E-state index contributed by atoms with van der Waals surface area (Å²) in [4.78, 5) is 36.7. The summed E-state index contributed by atoms with van der Waals surface area (Å²) in [6.45, 7) is 3.61. The Bertz CT molecular complexity index is 1240. The molecule has 4 rings (SSSR count). The number of carbonyl (C=O) groups is 3. The van der Waals surface area contributed by atoms with E-state index in [1.165, 1.54) is 6.07 Å². The molecule has 7 nitrogen and oxygen atoms in total. The highest BCUT2D eigenvalue weighted by molar-refractivity contribution is 14.1. The zero-order chi connectivity index (χ0) is 25.1. The molecule has 0 bridgehead atoms. The maximum atomic E-state index is 12.7. The minimum absolute atomic E-state index is 0.0608. The van der Waals surface area contributed by atoms with Crippen LogP contribution in [0.25, 0.3) is 11.1 Å². The number of benzene rings is 3. The zero-order valence-corrected chi connectivity index (χ0v) is 21.4. The van der Waals surface area contributed by atoms with Gasteiger partial charge in [0.1, 0.15) is 12.6 Å². The van der Waals surface area contributed by atoms with Gasteiger partial charge in [-0.25, -0.2) is 9.59 Å². The van der Waals surface area contributed by atoms with Gasteiger partial charge >= 0.3 is 12.1 Å². The standard InChI is InChI=1S/C27H25IN2O5/c1-15(2)24(26(32)33)30-25(31)16-11-17(28)13-18(12-16)29-27(34)35-14-23-21-9-5-3-7-19(21)20-8-4-6-10-22(20)23/h3-13,15,23-24H,14H2,1-2H3,(H,29,34)(H,30,31)(H,32,33). The monoisotopic (exact) mass is 584 g/mol. The lowest BCUT2D eigenvalue weighted by molar-refractivity contribution is -0.140. The Labute approximate surface area is 217 Å². The fourth-order valence-corrected chi connectivity index (χ4v) is 4.95. The Hall–Kier alpha value is -3.40. The van der Waals surface area contributed by atoms with Gasteiger partial charge < -0.3 is 15.2 Å². The van der Waals surface area contributed by atoms with Crippen LogP contribution >= 0.6 is 22.6 Å². The number of rotatable bonds is 7. The van der Waals surface area contributed by atoms with Gasteiger partial charge in [-0.15, -0.1) is 0 Å². The average Bonchev–Trinajstić information content (AvgIpc) is 3.14. The third-order valence-electron chi connectivity index (χ3n) is 5.97. The number of aliphatic carboxylic acids is 1. The van der Waals surface area contributed by atoms with Crippen LogP contribution in [0.1, 0.15) is 41.3 Å². The molecule has 3 N–H and O–H groups in total. The first-order valence-corrected chi connectivity index (χ1v) is 12.3. The molecule has 0 aromatic heterocycles. The Balaban J connectivity index is 1.44. The predicted octanol–water partition coefficient (Wildman–Crippen LogP) is 5.49. The second kappa shape index (κ2) is 10.5. The maximum absolute atomic E-state index is 12.7. The van der Waals surface area contributed by atoms with Crippen molar-refractivity contribution in [3.63, 3.8) is 0 Å². The smallest absolute Gasteiger partial charge is 0.411 e. The summed E-state index contributed by atoms with van der Waals surface area (Å²) >= 11 is 2.04. The van der Waals surface area contributed by atoms with E-state index in [1.54, 1.807) is 26.0 Å². The summed E-state index contributed by atoms with van der Waals surface area (Å²) in [5.74, 6) is -1.97. The second-order valence-electron chi connectivity index (χ2n) is 8.71. The number of carboxylic acids is 1. The van der Waals surface area contributed by atoms with Crippen LogP contribution in [0.4, 0.5) is 10.5 Å². The van der Waals surface area contributed by atoms with Crippen molar-refractivity contribution in [2.45, 2.75) is 25.8 Å². The Morgan fingerprint density at radius 3 is 2.14 bits per heavy atom. The fraction of sp³-hybridized carbons (Fsp3) is 0.222. The van der Waals surface area contributed by atoms with Gasteiger partial charge in [-0.05, 0) is 69.0 Å². The molecule has 0 fully saturated rings. The number of hydrogen-bond acceptors (Lipinski definition) is 4. The number of fused-ring (bicyclic) bond motifs is 3. The molecule has 0 spiro atoms. The van der Waals surface area contributed by atoms with E-state index in [1.807, 2.05) is 59.0 Å². The van der Waals surface area contributed by atoms with Gasteiger partial charge in [-0.3, -0.25) is 10.1 Å². The van der Waals surface area contributed by atoms with E-state index in [2.05, 4.69) is 22.8 Å². The van der Waals surface area contributed by atoms with Gasteiger partial charge in [0.15, 0.2) is 0 Å². The minimum atomic E-state index is -1.10. The Morgan fingerprint density at radius 1 is 0.971 bits per heavy atom. The summed E-state index contributed by atoms with van der Waals surface area (Å²) < 4.78 is 6.29. The molecule has 35 heavy (non-hydrogen) atoms. The molecule has 8 heteroatoms. The number of nitrogens with one attached hydrogen (secondary N) is 2. The molecule has 0 saturated heterocycles. The molecule has 1 aliphatic carbocycles. The zero-order valence-electron chi connectivity index (χ0n) is 19.2. The van der Waals surface area contributed by atoms with Crippen molar-refractivity contribution in [3.05, 3.63) is 87.0 Å². The van der Waals surface area contributed by atoms with Crippen molar-refractivity contribution in [2.75, 3.05) is 11.9 Å².